The zero-order chi connectivity index (χ0) is 13.0. The van der Waals surface area contributed by atoms with Gasteiger partial charge in [-0.15, -0.1) is 0 Å². The number of alkyl carbamates (subject to hydrolysis) is 1. The van der Waals surface area contributed by atoms with Gasteiger partial charge in [0.2, 0.25) is 0 Å². The second-order valence-electron chi connectivity index (χ2n) is 4.32. The summed E-state index contributed by atoms with van der Waals surface area (Å²) < 4.78 is 4.58. The van der Waals surface area contributed by atoms with Gasteiger partial charge < -0.3 is 10.1 Å². The van der Waals surface area contributed by atoms with Gasteiger partial charge in [-0.3, -0.25) is 9.88 Å². The predicted octanol–water partition coefficient (Wildman–Crippen LogP) is 1.67. The lowest BCUT2D eigenvalue weighted by Gasteiger charge is -2.15. The van der Waals surface area contributed by atoms with Gasteiger partial charge in [-0.1, -0.05) is 11.6 Å². The van der Waals surface area contributed by atoms with Crippen molar-refractivity contribution in [2.45, 2.75) is 19.0 Å². The molecule has 18 heavy (non-hydrogen) atoms. The molecule has 2 rings (SSSR count). The Morgan fingerprint density at radius 2 is 2.56 bits per heavy atom. The van der Waals surface area contributed by atoms with Crippen LogP contribution in [0, 0.1) is 0 Å². The molecule has 0 bridgehead atoms. The molecule has 1 fully saturated rings. The molecule has 0 aromatic carbocycles. The van der Waals surface area contributed by atoms with Crippen LogP contribution in [0.5, 0.6) is 0 Å². The maximum atomic E-state index is 11.1. The first-order valence-electron chi connectivity index (χ1n) is 5.84. The molecule has 5 nitrogen and oxygen atoms in total. The minimum Gasteiger partial charge on any atom is -0.453 e. The van der Waals surface area contributed by atoms with Crippen molar-refractivity contribution in [1.29, 1.82) is 0 Å². The molecule has 1 aliphatic rings. The number of ether oxygens (including phenoxy) is 1. The Bertz CT molecular complexity index is 428. The average Bonchev–Trinajstić information content (AvgIpc) is 2.76. The average molecular weight is 270 g/mol. The van der Waals surface area contributed by atoms with Gasteiger partial charge in [0, 0.05) is 36.9 Å². The third-order valence-corrected chi connectivity index (χ3v) is 3.18. The van der Waals surface area contributed by atoms with E-state index in [-0.39, 0.29) is 12.1 Å². The SMILES string of the molecule is COC(=O)NC1CCN(Cc2cc(Cl)ccn2)C1. The van der Waals surface area contributed by atoms with Gasteiger partial charge in [-0.2, -0.15) is 0 Å². The van der Waals surface area contributed by atoms with Gasteiger partial charge >= 0.3 is 6.09 Å². The monoisotopic (exact) mass is 269 g/mol. The van der Waals surface area contributed by atoms with Crippen LogP contribution in [0.3, 0.4) is 0 Å². The molecule has 0 aliphatic carbocycles. The van der Waals surface area contributed by atoms with Crippen LogP contribution < -0.4 is 5.32 Å². The minimum atomic E-state index is -0.372. The molecule has 6 heteroatoms. The highest BCUT2D eigenvalue weighted by molar-refractivity contribution is 6.30. The molecule has 0 saturated carbocycles. The van der Waals surface area contributed by atoms with Crippen molar-refractivity contribution < 1.29 is 9.53 Å². The van der Waals surface area contributed by atoms with Crippen LogP contribution in [-0.4, -0.2) is 42.2 Å². The Balaban J connectivity index is 1.84. The maximum Gasteiger partial charge on any atom is 0.407 e. The summed E-state index contributed by atoms with van der Waals surface area (Å²) in [5, 5.41) is 3.50. The lowest BCUT2D eigenvalue weighted by Crippen LogP contribution is -2.36. The van der Waals surface area contributed by atoms with Crippen LogP contribution in [0.25, 0.3) is 0 Å². The molecular formula is C12H16ClN3O2. The molecule has 0 spiro atoms. The Morgan fingerprint density at radius 1 is 1.72 bits per heavy atom. The van der Waals surface area contributed by atoms with Gasteiger partial charge in [0.1, 0.15) is 0 Å². The number of nitrogens with zero attached hydrogens (tertiary/aromatic N) is 2. The van der Waals surface area contributed by atoms with E-state index < -0.39 is 0 Å². The Kier molecular flexibility index (Phi) is 4.38. The van der Waals surface area contributed by atoms with Crippen LogP contribution in [-0.2, 0) is 11.3 Å². The van der Waals surface area contributed by atoms with Gasteiger partial charge in [-0.05, 0) is 18.6 Å². The number of pyridine rings is 1. The number of nitrogens with one attached hydrogen (secondary N) is 1. The topological polar surface area (TPSA) is 54.5 Å². The number of aromatic nitrogens is 1. The van der Waals surface area contributed by atoms with E-state index in [9.17, 15) is 4.79 Å². The zero-order valence-corrected chi connectivity index (χ0v) is 11.0. The Labute approximate surface area is 111 Å². The number of amides is 1. The van der Waals surface area contributed by atoms with Gasteiger partial charge in [0.05, 0.1) is 12.8 Å². The lowest BCUT2D eigenvalue weighted by molar-refractivity contribution is 0.166. The molecule has 1 aromatic rings. The Hall–Kier alpha value is -1.33. The van der Waals surface area contributed by atoms with E-state index >= 15 is 0 Å². The zero-order valence-electron chi connectivity index (χ0n) is 10.2. The number of likely N-dealkylation sites (tertiary alicyclic amines) is 1. The predicted molar refractivity (Wildman–Crippen MR) is 68.5 cm³/mol. The standard InChI is InChI=1S/C12H16ClN3O2/c1-18-12(17)15-10-3-5-16(7-10)8-11-6-9(13)2-4-14-11/h2,4,6,10H,3,5,7-8H2,1H3,(H,15,17). The van der Waals surface area contributed by atoms with Gasteiger partial charge in [0.15, 0.2) is 0 Å². The van der Waals surface area contributed by atoms with Crippen molar-refractivity contribution in [3.8, 4) is 0 Å². The number of hydrogen-bond donors (Lipinski definition) is 1. The summed E-state index contributed by atoms with van der Waals surface area (Å²) in [7, 11) is 1.37. The number of rotatable bonds is 3. The Morgan fingerprint density at radius 3 is 3.28 bits per heavy atom. The van der Waals surface area contributed by atoms with Crippen molar-refractivity contribution in [2.24, 2.45) is 0 Å². The van der Waals surface area contributed by atoms with Crippen LogP contribution in [0.2, 0.25) is 5.02 Å². The smallest absolute Gasteiger partial charge is 0.407 e. The van der Waals surface area contributed by atoms with E-state index in [4.69, 9.17) is 11.6 Å². The van der Waals surface area contributed by atoms with E-state index in [1.807, 2.05) is 6.07 Å². The molecule has 1 N–H and O–H groups in total. The van der Waals surface area contributed by atoms with E-state index in [0.717, 1.165) is 31.7 Å². The number of methoxy groups -OCH3 is 1. The molecule has 1 aromatic heterocycles. The summed E-state index contributed by atoms with van der Waals surface area (Å²) in [4.78, 5) is 17.6. The minimum absolute atomic E-state index is 0.150. The maximum absolute atomic E-state index is 11.1. The molecule has 1 atom stereocenters. The summed E-state index contributed by atoms with van der Waals surface area (Å²) in [6.07, 6.45) is 2.26. The van der Waals surface area contributed by atoms with Crippen molar-refractivity contribution in [3.63, 3.8) is 0 Å². The van der Waals surface area contributed by atoms with Crippen LogP contribution in [0.1, 0.15) is 12.1 Å². The lowest BCUT2D eigenvalue weighted by atomic mass is 10.3. The second-order valence-corrected chi connectivity index (χ2v) is 4.76. The first-order valence-corrected chi connectivity index (χ1v) is 6.22. The first kappa shape index (κ1) is 13.1. The van der Waals surface area contributed by atoms with Crippen LogP contribution >= 0.6 is 11.6 Å². The quantitative estimate of drug-likeness (QED) is 0.907. The summed E-state index contributed by atoms with van der Waals surface area (Å²) >= 11 is 5.91. The van der Waals surface area contributed by atoms with Gasteiger partial charge in [0.25, 0.3) is 0 Å². The van der Waals surface area contributed by atoms with Gasteiger partial charge in [-0.25, -0.2) is 4.79 Å². The number of hydrogen-bond acceptors (Lipinski definition) is 4. The first-order chi connectivity index (χ1) is 8.67. The highest BCUT2D eigenvalue weighted by atomic mass is 35.5. The van der Waals surface area contributed by atoms with Crippen molar-refractivity contribution >= 4 is 17.7 Å². The third kappa shape index (κ3) is 3.58. The molecule has 1 aliphatic heterocycles. The number of carbonyl (C=O) groups excluding carboxylic acids is 1. The molecule has 1 saturated heterocycles. The van der Waals surface area contributed by atoms with Crippen molar-refractivity contribution in [1.82, 2.24) is 15.2 Å². The van der Waals surface area contributed by atoms with Crippen molar-refractivity contribution in [2.75, 3.05) is 20.2 Å². The summed E-state index contributed by atoms with van der Waals surface area (Å²) in [6, 6.07) is 3.77. The van der Waals surface area contributed by atoms with E-state index in [0.29, 0.717) is 5.02 Å². The van der Waals surface area contributed by atoms with Crippen LogP contribution in [0.4, 0.5) is 4.79 Å². The molecule has 1 amide bonds. The number of carbonyl (C=O) groups is 1. The molecular weight excluding hydrogens is 254 g/mol. The van der Waals surface area contributed by atoms with E-state index in [2.05, 4.69) is 19.9 Å². The highest BCUT2D eigenvalue weighted by Gasteiger charge is 2.24. The second kappa shape index (κ2) is 6.02. The summed E-state index contributed by atoms with van der Waals surface area (Å²) in [6.45, 7) is 2.49. The fraction of sp³-hybridized carbons (Fsp3) is 0.500. The normalized spacial score (nSPS) is 19.8. The van der Waals surface area contributed by atoms with E-state index in [1.165, 1.54) is 7.11 Å². The molecule has 2 heterocycles. The largest absolute Gasteiger partial charge is 0.453 e. The fourth-order valence-corrected chi connectivity index (χ4v) is 2.27. The molecule has 98 valence electrons. The third-order valence-electron chi connectivity index (χ3n) is 2.94. The van der Waals surface area contributed by atoms with Crippen molar-refractivity contribution in [3.05, 3.63) is 29.0 Å². The summed E-state index contributed by atoms with van der Waals surface area (Å²) in [5.74, 6) is 0. The molecule has 0 radical (unpaired) electrons. The molecule has 1 unspecified atom stereocenters. The van der Waals surface area contributed by atoms with E-state index in [1.54, 1.807) is 12.3 Å². The fourth-order valence-electron chi connectivity index (χ4n) is 2.08. The number of halogens is 1. The summed E-state index contributed by atoms with van der Waals surface area (Å²) in [5.41, 5.74) is 0.946. The van der Waals surface area contributed by atoms with Crippen LogP contribution in [0.15, 0.2) is 18.3 Å². The highest BCUT2D eigenvalue weighted by Crippen LogP contribution is 2.14.